The van der Waals surface area contributed by atoms with E-state index in [9.17, 15) is 9.18 Å². The summed E-state index contributed by atoms with van der Waals surface area (Å²) in [5.41, 5.74) is 6.06. The van der Waals surface area contributed by atoms with Gasteiger partial charge in [0.25, 0.3) is 5.89 Å². The van der Waals surface area contributed by atoms with Gasteiger partial charge < -0.3 is 15.0 Å². The third-order valence-electron chi connectivity index (χ3n) is 3.96. The summed E-state index contributed by atoms with van der Waals surface area (Å²) in [5.74, 6) is 0.155. The molecule has 2 heterocycles. The average Bonchev–Trinajstić information content (AvgIpc) is 3.18. The molecule has 128 valence electrons. The maximum Gasteiger partial charge on any atom is 0.255 e. The lowest BCUT2D eigenvalue weighted by molar-refractivity contribution is -0.120. The number of rotatable bonds is 6. The number of carbonyl (C=O) groups is 1. The third kappa shape index (κ3) is 3.77. The van der Waals surface area contributed by atoms with Crippen molar-refractivity contribution in [1.29, 1.82) is 0 Å². The molecule has 3 atom stereocenters. The molecule has 3 N–H and O–H groups in total. The molecule has 1 fully saturated rings. The first-order valence-corrected chi connectivity index (χ1v) is 7.77. The Morgan fingerprint density at radius 3 is 2.79 bits per heavy atom. The summed E-state index contributed by atoms with van der Waals surface area (Å²) in [4.78, 5) is 15.8. The van der Waals surface area contributed by atoms with Crippen molar-refractivity contribution >= 4 is 5.91 Å². The standard InChI is InChI=1S/C16H19FN4O3/c1-9-20-16(24-21-9)13-7-6-12(23-13)8-19-14(15(18)22)10-2-4-11(17)5-3-10/h2-5,12-14,19H,6-8H2,1H3,(H2,18,22)/t12-,13+,14+/m1/s1. The van der Waals surface area contributed by atoms with E-state index in [4.69, 9.17) is 15.0 Å². The summed E-state index contributed by atoms with van der Waals surface area (Å²) >= 11 is 0. The fourth-order valence-corrected chi connectivity index (χ4v) is 2.77. The average molecular weight is 334 g/mol. The molecular weight excluding hydrogens is 315 g/mol. The Kier molecular flexibility index (Phi) is 4.86. The van der Waals surface area contributed by atoms with E-state index >= 15 is 0 Å². The molecule has 1 aliphatic rings. The molecule has 1 aliphatic heterocycles. The van der Waals surface area contributed by atoms with Crippen molar-refractivity contribution in [2.75, 3.05) is 6.54 Å². The van der Waals surface area contributed by atoms with E-state index in [1.165, 1.54) is 24.3 Å². The number of nitrogens with one attached hydrogen (secondary N) is 1. The summed E-state index contributed by atoms with van der Waals surface area (Å²) in [6.45, 7) is 2.19. The van der Waals surface area contributed by atoms with Crippen LogP contribution < -0.4 is 11.1 Å². The zero-order chi connectivity index (χ0) is 17.1. The molecule has 8 heteroatoms. The highest BCUT2D eigenvalue weighted by atomic mass is 19.1. The molecule has 1 aromatic heterocycles. The Hall–Kier alpha value is -2.32. The van der Waals surface area contributed by atoms with Crippen molar-refractivity contribution < 1.29 is 18.4 Å². The number of carbonyl (C=O) groups excluding carboxylic acids is 1. The van der Waals surface area contributed by atoms with Crippen LogP contribution in [-0.2, 0) is 9.53 Å². The van der Waals surface area contributed by atoms with Gasteiger partial charge in [-0.3, -0.25) is 10.1 Å². The predicted molar refractivity (Wildman–Crippen MR) is 82.2 cm³/mol. The van der Waals surface area contributed by atoms with E-state index in [-0.39, 0.29) is 18.0 Å². The van der Waals surface area contributed by atoms with Gasteiger partial charge in [-0.25, -0.2) is 4.39 Å². The smallest absolute Gasteiger partial charge is 0.255 e. The SMILES string of the molecule is Cc1noc([C@@H]2CC[C@H](CN[C@H](C(N)=O)c3ccc(F)cc3)O2)n1. The Morgan fingerprint density at radius 1 is 1.42 bits per heavy atom. The van der Waals surface area contributed by atoms with Crippen molar-refractivity contribution in [3.8, 4) is 0 Å². The first-order chi connectivity index (χ1) is 11.5. The highest BCUT2D eigenvalue weighted by Crippen LogP contribution is 2.31. The van der Waals surface area contributed by atoms with Crippen molar-refractivity contribution in [3.63, 3.8) is 0 Å². The topological polar surface area (TPSA) is 103 Å². The van der Waals surface area contributed by atoms with Crippen LogP contribution in [-0.4, -0.2) is 28.7 Å². The van der Waals surface area contributed by atoms with Gasteiger partial charge in [-0.15, -0.1) is 0 Å². The third-order valence-corrected chi connectivity index (χ3v) is 3.96. The zero-order valence-electron chi connectivity index (χ0n) is 13.2. The lowest BCUT2D eigenvalue weighted by atomic mass is 10.1. The van der Waals surface area contributed by atoms with E-state index in [0.29, 0.717) is 23.8 Å². The number of amides is 1. The molecule has 2 aromatic rings. The van der Waals surface area contributed by atoms with Gasteiger partial charge in [0.1, 0.15) is 18.0 Å². The molecule has 0 bridgehead atoms. The molecule has 1 aromatic carbocycles. The number of aromatic nitrogens is 2. The molecule has 0 aliphatic carbocycles. The van der Waals surface area contributed by atoms with Gasteiger partial charge in [-0.2, -0.15) is 4.98 Å². The van der Waals surface area contributed by atoms with Crippen molar-refractivity contribution in [3.05, 3.63) is 47.4 Å². The van der Waals surface area contributed by atoms with Crippen molar-refractivity contribution in [1.82, 2.24) is 15.5 Å². The number of halogens is 1. The maximum atomic E-state index is 13.0. The Balaban J connectivity index is 1.57. The van der Waals surface area contributed by atoms with E-state index in [1.54, 1.807) is 6.92 Å². The first kappa shape index (κ1) is 16.5. The minimum absolute atomic E-state index is 0.0931. The molecule has 24 heavy (non-hydrogen) atoms. The summed E-state index contributed by atoms with van der Waals surface area (Å²) in [7, 11) is 0. The lowest BCUT2D eigenvalue weighted by Crippen LogP contribution is -2.37. The van der Waals surface area contributed by atoms with Crippen LogP contribution in [0, 0.1) is 12.7 Å². The van der Waals surface area contributed by atoms with Crippen molar-refractivity contribution in [2.24, 2.45) is 5.73 Å². The van der Waals surface area contributed by atoms with Crippen LogP contribution in [0.3, 0.4) is 0 Å². The summed E-state index contributed by atoms with van der Waals surface area (Å²) in [6.07, 6.45) is 1.25. The van der Waals surface area contributed by atoms with Gasteiger partial charge in [0.05, 0.1) is 6.10 Å². The number of nitrogens with two attached hydrogens (primary N) is 1. The van der Waals surface area contributed by atoms with E-state index < -0.39 is 11.9 Å². The number of primary amides is 1. The van der Waals surface area contributed by atoms with Crippen LogP contribution in [0.1, 0.15) is 42.3 Å². The fraction of sp³-hybridized carbons (Fsp3) is 0.438. The van der Waals surface area contributed by atoms with Crippen LogP contribution in [0.4, 0.5) is 4.39 Å². The minimum Gasteiger partial charge on any atom is -0.368 e. The number of nitrogens with zero attached hydrogens (tertiary/aromatic N) is 2. The molecule has 0 saturated carbocycles. The zero-order valence-corrected chi connectivity index (χ0v) is 13.2. The monoisotopic (exact) mass is 334 g/mol. The van der Waals surface area contributed by atoms with Crippen molar-refractivity contribution in [2.45, 2.75) is 38.0 Å². The van der Waals surface area contributed by atoms with Crippen LogP contribution in [0.15, 0.2) is 28.8 Å². The number of hydrogen-bond acceptors (Lipinski definition) is 6. The fourth-order valence-electron chi connectivity index (χ4n) is 2.77. The Bertz CT molecular complexity index is 704. The molecule has 0 unspecified atom stereocenters. The highest BCUT2D eigenvalue weighted by Gasteiger charge is 2.31. The summed E-state index contributed by atoms with van der Waals surface area (Å²) in [5, 5.41) is 6.84. The van der Waals surface area contributed by atoms with Crippen LogP contribution in [0.25, 0.3) is 0 Å². The van der Waals surface area contributed by atoms with E-state index in [2.05, 4.69) is 15.5 Å². The summed E-state index contributed by atoms with van der Waals surface area (Å²) in [6, 6.07) is 4.98. The van der Waals surface area contributed by atoms with E-state index in [1.807, 2.05) is 0 Å². The molecule has 3 rings (SSSR count). The van der Waals surface area contributed by atoms with Gasteiger partial charge >= 0.3 is 0 Å². The molecule has 1 saturated heterocycles. The van der Waals surface area contributed by atoms with E-state index in [0.717, 1.165) is 12.8 Å². The number of hydrogen-bond donors (Lipinski definition) is 2. The Morgan fingerprint density at radius 2 is 2.17 bits per heavy atom. The normalized spacial score (nSPS) is 21.8. The minimum atomic E-state index is -0.695. The largest absolute Gasteiger partial charge is 0.368 e. The van der Waals surface area contributed by atoms with Crippen LogP contribution in [0.2, 0.25) is 0 Å². The maximum absolute atomic E-state index is 13.0. The number of aryl methyl sites for hydroxylation is 1. The van der Waals surface area contributed by atoms with Crippen LogP contribution in [0.5, 0.6) is 0 Å². The molecule has 7 nitrogen and oxygen atoms in total. The second-order valence-electron chi connectivity index (χ2n) is 5.80. The van der Waals surface area contributed by atoms with Gasteiger partial charge in [-0.05, 0) is 37.5 Å². The van der Waals surface area contributed by atoms with Crippen LogP contribution >= 0.6 is 0 Å². The highest BCUT2D eigenvalue weighted by molar-refractivity contribution is 5.81. The molecule has 0 spiro atoms. The van der Waals surface area contributed by atoms with Gasteiger partial charge in [-0.1, -0.05) is 17.3 Å². The number of benzene rings is 1. The second-order valence-corrected chi connectivity index (χ2v) is 5.80. The Labute approximate surface area is 138 Å². The van der Waals surface area contributed by atoms with Gasteiger partial charge in [0.2, 0.25) is 5.91 Å². The van der Waals surface area contributed by atoms with Gasteiger partial charge in [0.15, 0.2) is 5.82 Å². The second kappa shape index (κ2) is 7.06. The van der Waals surface area contributed by atoms with Gasteiger partial charge in [0, 0.05) is 6.54 Å². The molecular formula is C16H19FN4O3. The number of ether oxygens (including phenoxy) is 1. The first-order valence-electron chi connectivity index (χ1n) is 7.77. The molecule has 0 radical (unpaired) electrons. The molecule has 1 amide bonds. The lowest BCUT2D eigenvalue weighted by Gasteiger charge is -2.19. The predicted octanol–water partition coefficient (Wildman–Crippen LogP) is 1.55. The quantitative estimate of drug-likeness (QED) is 0.831. The summed E-state index contributed by atoms with van der Waals surface area (Å²) < 4.78 is 24.0.